The van der Waals surface area contributed by atoms with Gasteiger partial charge in [-0.15, -0.1) is 11.3 Å². The van der Waals surface area contributed by atoms with Crippen LogP contribution in [0.15, 0.2) is 59.4 Å². The summed E-state index contributed by atoms with van der Waals surface area (Å²) >= 11 is 7.58. The van der Waals surface area contributed by atoms with E-state index in [-0.39, 0.29) is 17.8 Å². The monoisotopic (exact) mass is 454 g/mol. The number of hydrogen-bond donors (Lipinski definition) is 2. The van der Waals surface area contributed by atoms with Gasteiger partial charge in [0.05, 0.1) is 22.9 Å². The van der Waals surface area contributed by atoms with Gasteiger partial charge in [0.2, 0.25) is 5.91 Å². The summed E-state index contributed by atoms with van der Waals surface area (Å²) < 4.78 is 4.03. The zero-order valence-corrected chi connectivity index (χ0v) is 18.4. The summed E-state index contributed by atoms with van der Waals surface area (Å²) in [4.78, 5) is 38.2. The predicted octanol–water partition coefficient (Wildman–Crippen LogP) is 3.72. The number of halogens is 1. The Kier molecular flexibility index (Phi) is 5.67. The van der Waals surface area contributed by atoms with Gasteiger partial charge in [-0.1, -0.05) is 48.0 Å². The molecule has 0 saturated heterocycles. The maximum Gasteiger partial charge on any atom is 0.295 e. The van der Waals surface area contributed by atoms with Crippen LogP contribution in [0.2, 0.25) is 5.02 Å². The van der Waals surface area contributed by atoms with Crippen LogP contribution in [-0.2, 0) is 11.8 Å². The number of para-hydroxylation sites is 1. The minimum Gasteiger partial charge on any atom is -0.342 e. The zero-order valence-electron chi connectivity index (χ0n) is 16.8. The van der Waals surface area contributed by atoms with Crippen molar-refractivity contribution in [1.82, 2.24) is 14.7 Å². The molecule has 0 radical (unpaired) electrons. The molecule has 9 heteroatoms. The van der Waals surface area contributed by atoms with Gasteiger partial charge in [-0.05, 0) is 25.1 Å². The van der Waals surface area contributed by atoms with Gasteiger partial charge in [0.1, 0.15) is 10.6 Å². The molecule has 2 N–H and O–H groups in total. The summed E-state index contributed by atoms with van der Waals surface area (Å²) in [6, 6.07) is 16.6. The lowest BCUT2D eigenvalue weighted by Crippen LogP contribution is -2.33. The lowest BCUT2D eigenvalue weighted by atomic mass is 10.2. The normalized spacial score (nSPS) is 10.9. The molecule has 0 aliphatic carbocycles. The minimum absolute atomic E-state index is 0.172. The standard InChI is InChI=1S/C22H19ClN4O3S/c1-13-19(22(30)27(26(13)2)14-8-4-3-5-9-14)25-17(28)12-24-21(29)20-18(23)15-10-6-7-11-16(15)31-20/h3-11H,12H2,1-2H3,(H,24,29)(H,25,28). The van der Waals surface area contributed by atoms with Crippen LogP contribution in [0, 0.1) is 6.92 Å². The molecule has 4 rings (SSSR count). The Labute approximate surface area is 186 Å². The third-order valence-corrected chi connectivity index (χ3v) is 6.64. The smallest absolute Gasteiger partial charge is 0.295 e. The first kappa shape index (κ1) is 20.9. The first-order valence-corrected chi connectivity index (χ1v) is 10.7. The van der Waals surface area contributed by atoms with Crippen LogP contribution in [0.1, 0.15) is 15.4 Å². The van der Waals surface area contributed by atoms with Gasteiger partial charge in [0.25, 0.3) is 11.5 Å². The van der Waals surface area contributed by atoms with Crippen molar-refractivity contribution >= 4 is 50.5 Å². The first-order chi connectivity index (χ1) is 14.9. The molecule has 158 valence electrons. The van der Waals surface area contributed by atoms with Gasteiger partial charge in [-0.25, -0.2) is 4.68 Å². The number of nitrogens with zero attached hydrogens (tertiary/aromatic N) is 2. The Balaban J connectivity index is 1.49. The molecule has 0 unspecified atom stereocenters. The lowest BCUT2D eigenvalue weighted by Gasteiger charge is -2.07. The van der Waals surface area contributed by atoms with E-state index in [1.807, 2.05) is 42.5 Å². The van der Waals surface area contributed by atoms with Crippen molar-refractivity contribution in [2.45, 2.75) is 6.92 Å². The van der Waals surface area contributed by atoms with Gasteiger partial charge in [0.15, 0.2) is 0 Å². The molecule has 4 aromatic rings. The van der Waals surface area contributed by atoms with E-state index in [1.165, 1.54) is 16.0 Å². The largest absolute Gasteiger partial charge is 0.342 e. The fourth-order valence-corrected chi connectivity index (χ4v) is 4.73. The second-order valence-corrected chi connectivity index (χ2v) is 8.34. The molecule has 0 bridgehead atoms. The summed E-state index contributed by atoms with van der Waals surface area (Å²) in [5, 5.41) is 6.35. The quantitative estimate of drug-likeness (QED) is 0.482. The number of hydrogen-bond acceptors (Lipinski definition) is 4. The van der Waals surface area contributed by atoms with Crippen LogP contribution >= 0.6 is 22.9 Å². The Bertz CT molecular complexity index is 1350. The molecule has 0 atom stereocenters. The molecule has 0 aliphatic heterocycles. The molecule has 0 fully saturated rings. The van der Waals surface area contributed by atoms with E-state index >= 15 is 0 Å². The summed E-state index contributed by atoms with van der Waals surface area (Å²) in [6.45, 7) is 1.45. The first-order valence-electron chi connectivity index (χ1n) is 9.47. The Morgan fingerprint density at radius 3 is 2.45 bits per heavy atom. The van der Waals surface area contributed by atoms with Crippen LogP contribution in [0.5, 0.6) is 0 Å². The van der Waals surface area contributed by atoms with E-state index < -0.39 is 11.8 Å². The van der Waals surface area contributed by atoms with Crippen molar-refractivity contribution in [3.63, 3.8) is 0 Å². The number of carbonyl (C=O) groups is 2. The highest BCUT2D eigenvalue weighted by Crippen LogP contribution is 2.34. The van der Waals surface area contributed by atoms with E-state index in [4.69, 9.17) is 11.6 Å². The minimum atomic E-state index is -0.503. The fourth-order valence-electron chi connectivity index (χ4n) is 3.30. The Morgan fingerprint density at radius 1 is 1.06 bits per heavy atom. The molecule has 0 aliphatic rings. The Hall–Kier alpha value is -3.36. The number of thiophene rings is 1. The maximum atomic E-state index is 12.9. The van der Waals surface area contributed by atoms with Crippen molar-refractivity contribution in [3.8, 4) is 5.69 Å². The molecule has 0 spiro atoms. The number of fused-ring (bicyclic) bond motifs is 1. The Morgan fingerprint density at radius 2 is 1.74 bits per heavy atom. The van der Waals surface area contributed by atoms with E-state index in [2.05, 4.69) is 10.6 Å². The van der Waals surface area contributed by atoms with Gasteiger partial charge in [0, 0.05) is 17.1 Å². The van der Waals surface area contributed by atoms with Crippen molar-refractivity contribution < 1.29 is 9.59 Å². The number of rotatable bonds is 5. The third-order valence-electron chi connectivity index (χ3n) is 4.97. The lowest BCUT2D eigenvalue weighted by molar-refractivity contribution is -0.115. The van der Waals surface area contributed by atoms with Crippen molar-refractivity contribution in [2.75, 3.05) is 11.9 Å². The predicted molar refractivity (Wildman–Crippen MR) is 124 cm³/mol. The van der Waals surface area contributed by atoms with Gasteiger partial charge in [-0.2, -0.15) is 0 Å². The molecule has 31 heavy (non-hydrogen) atoms. The number of anilines is 1. The van der Waals surface area contributed by atoms with E-state index in [0.717, 1.165) is 10.1 Å². The van der Waals surface area contributed by atoms with Gasteiger partial charge >= 0.3 is 0 Å². The molecular formula is C22H19ClN4O3S. The highest BCUT2D eigenvalue weighted by Gasteiger charge is 2.20. The number of benzene rings is 2. The van der Waals surface area contributed by atoms with Crippen LogP contribution in [0.25, 0.3) is 15.8 Å². The van der Waals surface area contributed by atoms with E-state index in [1.54, 1.807) is 30.8 Å². The average Bonchev–Trinajstić information content (AvgIpc) is 3.22. The second-order valence-electron chi connectivity index (χ2n) is 6.91. The number of amides is 2. The van der Waals surface area contributed by atoms with E-state index in [9.17, 15) is 14.4 Å². The van der Waals surface area contributed by atoms with Gasteiger partial charge < -0.3 is 10.6 Å². The maximum absolute atomic E-state index is 12.9. The van der Waals surface area contributed by atoms with Crippen LogP contribution in [-0.4, -0.2) is 27.7 Å². The second kappa shape index (κ2) is 8.41. The number of aromatic nitrogens is 2. The molecule has 2 heterocycles. The highest BCUT2D eigenvalue weighted by atomic mass is 35.5. The molecule has 2 amide bonds. The zero-order chi connectivity index (χ0) is 22.1. The van der Waals surface area contributed by atoms with Gasteiger partial charge in [-0.3, -0.25) is 19.1 Å². The van der Waals surface area contributed by atoms with Crippen molar-refractivity contribution in [2.24, 2.45) is 7.05 Å². The number of carbonyl (C=O) groups excluding carboxylic acids is 2. The summed E-state index contributed by atoms with van der Waals surface area (Å²) in [5.41, 5.74) is 1.11. The number of nitrogens with one attached hydrogen (secondary N) is 2. The van der Waals surface area contributed by atoms with Crippen LogP contribution in [0.3, 0.4) is 0 Å². The topological polar surface area (TPSA) is 85.1 Å². The summed E-state index contributed by atoms with van der Waals surface area (Å²) in [7, 11) is 1.74. The van der Waals surface area contributed by atoms with Crippen molar-refractivity contribution in [1.29, 1.82) is 0 Å². The molecule has 7 nitrogen and oxygen atoms in total. The molecule has 2 aromatic carbocycles. The summed E-state index contributed by atoms with van der Waals surface area (Å²) in [6.07, 6.45) is 0. The third kappa shape index (κ3) is 3.87. The molecular weight excluding hydrogens is 436 g/mol. The molecule has 0 saturated carbocycles. The highest BCUT2D eigenvalue weighted by molar-refractivity contribution is 7.21. The molecule has 2 aromatic heterocycles. The van der Waals surface area contributed by atoms with Crippen LogP contribution in [0.4, 0.5) is 5.69 Å². The average molecular weight is 455 g/mol. The van der Waals surface area contributed by atoms with Crippen molar-refractivity contribution in [3.05, 3.63) is 80.5 Å². The van der Waals surface area contributed by atoms with E-state index in [0.29, 0.717) is 21.3 Å². The SMILES string of the molecule is Cc1c(NC(=O)CNC(=O)c2sc3ccccc3c2Cl)c(=O)n(-c2ccccc2)n1C. The van der Waals surface area contributed by atoms with Crippen LogP contribution < -0.4 is 16.2 Å². The summed E-state index contributed by atoms with van der Waals surface area (Å²) in [5.74, 6) is -0.940. The fraction of sp³-hybridized carbons (Fsp3) is 0.136.